The zero-order chi connectivity index (χ0) is 20.6. The molecular formula is C17H32N6O4. The third kappa shape index (κ3) is 7.41. The summed E-state index contributed by atoms with van der Waals surface area (Å²) in [5.41, 5.74) is 16.5. The van der Waals surface area contributed by atoms with Crippen molar-refractivity contribution >= 4 is 23.7 Å². The normalized spacial score (nSPS) is 18.8. The van der Waals surface area contributed by atoms with Crippen LogP contribution in [0.25, 0.3) is 0 Å². The molecule has 1 rings (SSSR count). The van der Waals surface area contributed by atoms with Crippen LogP contribution >= 0.6 is 0 Å². The Hall–Kier alpha value is -2.36. The van der Waals surface area contributed by atoms with E-state index in [1.165, 1.54) is 4.90 Å². The molecule has 1 heterocycles. The molecule has 1 unspecified atom stereocenters. The predicted octanol–water partition coefficient (Wildman–Crippen LogP) is -1.03. The van der Waals surface area contributed by atoms with Gasteiger partial charge in [-0.2, -0.15) is 0 Å². The maximum Gasteiger partial charge on any atom is 0.326 e. The Kier molecular flexibility index (Phi) is 8.99. The molecule has 0 radical (unpaired) electrons. The van der Waals surface area contributed by atoms with Crippen molar-refractivity contribution in [2.24, 2.45) is 28.1 Å². The first-order valence-corrected chi connectivity index (χ1v) is 9.28. The van der Waals surface area contributed by atoms with Gasteiger partial charge in [0, 0.05) is 13.1 Å². The lowest BCUT2D eigenvalue weighted by molar-refractivity contribution is -0.149. The van der Waals surface area contributed by atoms with Gasteiger partial charge in [-0.1, -0.05) is 13.8 Å². The van der Waals surface area contributed by atoms with Gasteiger partial charge in [0.15, 0.2) is 5.96 Å². The number of aliphatic imine (C=N–C) groups is 1. The monoisotopic (exact) mass is 384 g/mol. The van der Waals surface area contributed by atoms with E-state index < -0.39 is 35.9 Å². The van der Waals surface area contributed by atoms with Crippen LogP contribution < -0.4 is 22.5 Å². The zero-order valence-corrected chi connectivity index (χ0v) is 16.1. The number of hydrogen-bond donors (Lipinski definition) is 5. The van der Waals surface area contributed by atoms with Crippen LogP contribution in [0.3, 0.4) is 0 Å². The lowest BCUT2D eigenvalue weighted by atomic mass is 10.0. The second-order valence-corrected chi connectivity index (χ2v) is 7.27. The molecule has 1 saturated heterocycles. The van der Waals surface area contributed by atoms with E-state index in [0.717, 1.165) is 0 Å². The summed E-state index contributed by atoms with van der Waals surface area (Å²) < 4.78 is 0. The van der Waals surface area contributed by atoms with Gasteiger partial charge in [-0.25, -0.2) is 4.79 Å². The molecule has 1 fully saturated rings. The Labute approximate surface area is 159 Å². The van der Waals surface area contributed by atoms with Gasteiger partial charge in [0.2, 0.25) is 11.8 Å². The largest absolute Gasteiger partial charge is 0.480 e. The molecule has 27 heavy (non-hydrogen) atoms. The van der Waals surface area contributed by atoms with Crippen LogP contribution in [-0.2, 0) is 14.4 Å². The standard InChI is InChI=1S/C17H32N6O4/c1-10(2)9-11(18)14(24)22-12(5-3-7-21-17(19)20)15(25)23-8-4-6-13(23)16(26)27/h10-13H,3-9,18H2,1-2H3,(H,22,24)(H,26,27)(H4,19,20,21)/t11-,12-,13?/m1/s1. The molecule has 3 atom stereocenters. The number of nitrogens with one attached hydrogen (secondary N) is 1. The number of carbonyl (C=O) groups excluding carboxylic acids is 2. The Morgan fingerprint density at radius 3 is 2.52 bits per heavy atom. The highest BCUT2D eigenvalue weighted by atomic mass is 16.4. The summed E-state index contributed by atoms with van der Waals surface area (Å²) in [6.07, 6.45) is 2.26. The molecule has 0 aliphatic carbocycles. The number of nitrogens with two attached hydrogens (primary N) is 3. The third-order valence-electron chi connectivity index (χ3n) is 4.44. The molecule has 0 spiro atoms. The minimum absolute atomic E-state index is 0.0497. The molecule has 0 aromatic carbocycles. The minimum atomic E-state index is -1.04. The summed E-state index contributed by atoms with van der Waals surface area (Å²) in [6.45, 7) is 4.57. The number of guanidine groups is 1. The maximum absolute atomic E-state index is 12.9. The first-order chi connectivity index (χ1) is 12.6. The van der Waals surface area contributed by atoms with Crippen molar-refractivity contribution in [3.05, 3.63) is 0 Å². The molecule has 10 nitrogen and oxygen atoms in total. The number of aliphatic carboxylic acids is 1. The molecular weight excluding hydrogens is 352 g/mol. The van der Waals surface area contributed by atoms with E-state index in [9.17, 15) is 19.5 Å². The topological polar surface area (TPSA) is 177 Å². The highest BCUT2D eigenvalue weighted by Gasteiger charge is 2.37. The Balaban J connectivity index is 2.82. The van der Waals surface area contributed by atoms with E-state index in [-0.39, 0.29) is 11.9 Å². The first kappa shape index (κ1) is 22.7. The molecule has 8 N–H and O–H groups in total. The van der Waals surface area contributed by atoms with Crippen LogP contribution in [0.1, 0.15) is 46.0 Å². The Morgan fingerprint density at radius 1 is 1.30 bits per heavy atom. The van der Waals surface area contributed by atoms with Gasteiger partial charge in [-0.3, -0.25) is 14.6 Å². The van der Waals surface area contributed by atoms with Gasteiger partial charge < -0.3 is 32.5 Å². The average molecular weight is 384 g/mol. The number of rotatable bonds is 10. The number of amides is 2. The molecule has 0 bridgehead atoms. The quantitative estimate of drug-likeness (QED) is 0.182. The van der Waals surface area contributed by atoms with Crippen molar-refractivity contribution in [1.29, 1.82) is 0 Å². The van der Waals surface area contributed by atoms with E-state index in [2.05, 4.69) is 10.3 Å². The zero-order valence-electron chi connectivity index (χ0n) is 16.1. The maximum atomic E-state index is 12.9. The van der Waals surface area contributed by atoms with Gasteiger partial charge >= 0.3 is 5.97 Å². The molecule has 154 valence electrons. The highest BCUT2D eigenvalue weighted by molar-refractivity contribution is 5.92. The minimum Gasteiger partial charge on any atom is -0.480 e. The van der Waals surface area contributed by atoms with Crippen molar-refractivity contribution in [2.45, 2.75) is 64.1 Å². The summed E-state index contributed by atoms with van der Waals surface area (Å²) in [6, 6.07) is -2.45. The van der Waals surface area contributed by atoms with Crippen LogP contribution in [0.15, 0.2) is 4.99 Å². The molecule has 0 saturated carbocycles. The molecule has 2 amide bonds. The highest BCUT2D eigenvalue weighted by Crippen LogP contribution is 2.19. The fraction of sp³-hybridized carbons (Fsp3) is 0.765. The SMILES string of the molecule is CC(C)C[C@@H](N)C(=O)N[C@H](CCCN=C(N)N)C(=O)N1CCCC1C(=O)O. The van der Waals surface area contributed by atoms with Crippen LogP contribution in [0.5, 0.6) is 0 Å². The third-order valence-corrected chi connectivity index (χ3v) is 4.44. The van der Waals surface area contributed by atoms with Crippen molar-refractivity contribution in [2.75, 3.05) is 13.1 Å². The van der Waals surface area contributed by atoms with Gasteiger partial charge in [0.25, 0.3) is 0 Å². The number of nitrogens with zero attached hydrogens (tertiary/aromatic N) is 2. The fourth-order valence-corrected chi connectivity index (χ4v) is 3.14. The van der Waals surface area contributed by atoms with Crippen LogP contribution in [0, 0.1) is 5.92 Å². The van der Waals surface area contributed by atoms with Crippen molar-refractivity contribution in [3.8, 4) is 0 Å². The summed E-state index contributed by atoms with van der Waals surface area (Å²) in [4.78, 5) is 41.8. The second kappa shape index (κ2) is 10.7. The predicted molar refractivity (Wildman–Crippen MR) is 102 cm³/mol. The molecule has 10 heteroatoms. The molecule has 1 aliphatic rings. The number of carbonyl (C=O) groups is 3. The summed E-state index contributed by atoms with van der Waals surface area (Å²) in [5.74, 6) is -1.68. The smallest absolute Gasteiger partial charge is 0.326 e. The summed E-state index contributed by atoms with van der Waals surface area (Å²) >= 11 is 0. The first-order valence-electron chi connectivity index (χ1n) is 9.28. The average Bonchev–Trinajstić information content (AvgIpc) is 3.05. The van der Waals surface area contributed by atoms with Crippen molar-refractivity contribution < 1.29 is 19.5 Å². The number of hydrogen-bond acceptors (Lipinski definition) is 5. The van der Waals surface area contributed by atoms with E-state index in [0.29, 0.717) is 45.2 Å². The van der Waals surface area contributed by atoms with Gasteiger partial charge in [0.1, 0.15) is 12.1 Å². The summed E-state index contributed by atoms with van der Waals surface area (Å²) in [5, 5.41) is 12.0. The molecule has 0 aromatic rings. The van der Waals surface area contributed by atoms with E-state index in [1.54, 1.807) is 0 Å². The fourth-order valence-electron chi connectivity index (χ4n) is 3.14. The van der Waals surface area contributed by atoms with Gasteiger partial charge in [-0.05, 0) is 38.0 Å². The molecule has 0 aromatic heterocycles. The summed E-state index contributed by atoms with van der Waals surface area (Å²) in [7, 11) is 0. The van der Waals surface area contributed by atoms with E-state index >= 15 is 0 Å². The Morgan fingerprint density at radius 2 is 1.96 bits per heavy atom. The number of likely N-dealkylation sites (tertiary alicyclic amines) is 1. The molecule has 1 aliphatic heterocycles. The van der Waals surface area contributed by atoms with Crippen LogP contribution in [-0.4, -0.2) is 65.0 Å². The number of carboxylic acids is 1. The Bertz CT molecular complexity index is 562. The van der Waals surface area contributed by atoms with E-state index in [1.807, 2.05) is 13.8 Å². The number of carboxylic acid groups (broad SMARTS) is 1. The lowest BCUT2D eigenvalue weighted by Gasteiger charge is -2.28. The van der Waals surface area contributed by atoms with Crippen molar-refractivity contribution in [3.63, 3.8) is 0 Å². The van der Waals surface area contributed by atoms with Gasteiger partial charge in [0.05, 0.1) is 6.04 Å². The van der Waals surface area contributed by atoms with Crippen molar-refractivity contribution in [1.82, 2.24) is 10.2 Å². The lowest BCUT2D eigenvalue weighted by Crippen LogP contribution is -2.54. The van der Waals surface area contributed by atoms with Crippen LogP contribution in [0.4, 0.5) is 0 Å². The van der Waals surface area contributed by atoms with E-state index in [4.69, 9.17) is 17.2 Å². The van der Waals surface area contributed by atoms with Gasteiger partial charge in [-0.15, -0.1) is 0 Å². The second-order valence-electron chi connectivity index (χ2n) is 7.27. The van der Waals surface area contributed by atoms with Crippen LogP contribution in [0.2, 0.25) is 0 Å².